The number of nitrogens with zero attached hydrogens (tertiary/aromatic N) is 3. The van der Waals surface area contributed by atoms with Gasteiger partial charge < -0.3 is 24.7 Å². The van der Waals surface area contributed by atoms with Gasteiger partial charge in [-0.1, -0.05) is 18.2 Å². The number of carbonyl (C=O) groups excluding carboxylic acids is 1. The SMILES string of the molecule is O=C(NCCCN1CCCC1)Nc1ccc(-c2nnc(CCCCOc3ccccc3)o2)cc1. The third kappa shape index (κ3) is 7.59. The second-order valence-electron chi connectivity index (χ2n) is 8.48. The number of carbonyl (C=O) groups is 1. The van der Waals surface area contributed by atoms with Gasteiger partial charge in [-0.3, -0.25) is 0 Å². The maximum Gasteiger partial charge on any atom is 0.319 e. The number of ether oxygens (including phenoxy) is 1. The Hall–Kier alpha value is -3.39. The summed E-state index contributed by atoms with van der Waals surface area (Å²) in [5.74, 6) is 1.98. The van der Waals surface area contributed by atoms with Gasteiger partial charge in [0.05, 0.1) is 6.61 Å². The maximum absolute atomic E-state index is 12.1. The molecule has 3 aromatic rings. The minimum absolute atomic E-state index is 0.189. The van der Waals surface area contributed by atoms with Crippen molar-refractivity contribution in [1.82, 2.24) is 20.4 Å². The zero-order valence-electron chi connectivity index (χ0n) is 19.5. The van der Waals surface area contributed by atoms with Crippen LogP contribution < -0.4 is 15.4 Å². The fraction of sp³-hybridized carbons (Fsp3) is 0.423. The monoisotopic (exact) mass is 463 g/mol. The van der Waals surface area contributed by atoms with Gasteiger partial charge in [0, 0.05) is 24.2 Å². The molecule has 1 fully saturated rings. The lowest BCUT2D eigenvalue weighted by atomic mass is 10.2. The third-order valence-electron chi connectivity index (χ3n) is 5.79. The summed E-state index contributed by atoms with van der Waals surface area (Å²) < 4.78 is 11.5. The Bertz CT molecular complexity index is 1000. The molecule has 0 radical (unpaired) electrons. The van der Waals surface area contributed by atoms with Gasteiger partial charge in [0.15, 0.2) is 0 Å². The first-order chi connectivity index (χ1) is 16.8. The number of benzene rings is 2. The van der Waals surface area contributed by atoms with Crippen molar-refractivity contribution < 1.29 is 13.9 Å². The van der Waals surface area contributed by atoms with Crippen LogP contribution in [0.1, 0.15) is 38.0 Å². The van der Waals surface area contributed by atoms with E-state index in [0.29, 0.717) is 31.4 Å². The Morgan fingerprint density at radius 3 is 2.56 bits per heavy atom. The Balaban J connectivity index is 1.14. The number of aryl methyl sites for hydroxylation is 1. The number of urea groups is 1. The van der Waals surface area contributed by atoms with Crippen LogP contribution in [-0.4, -0.2) is 53.9 Å². The number of unbranched alkanes of at least 4 members (excludes halogenated alkanes) is 1. The van der Waals surface area contributed by atoms with Crippen LogP contribution in [0.3, 0.4) is 0 Å². The molecule has 0 saturated carbocycles. The van der Waals surface area contributed by atoms with Crippen LogP contribution in [0.25, 0.3) is 11.5 Å². The molecule has 2 aromatic carbocycles. The molecule has 0 aliphatic carbocycles. The molecule has 0 bridgehead atoms. The minimum Gasteiger partial charge on any atom is -0.494 e. The van der Waals surface area contributed by atoms with Crippen LogP contribution in [0.4, 0.5) is 10.5 Å². The Labute approximate surface area is 200 Å². The largest absolute Gasteiger partial charge is 0.494 e. The van der Waals surface area contributed by atoms with E-state index in [-0.39, 0.29) is 6.03 Å². The van der Waals surface area contributed by atoms with Gasteiger partial charge >= 0.3 is 6.03 Å². The Morgan fingerprint density at radius 2 is 1.76 bits per heavy atom. The van der Waals surface area contributed by atoms with Crippen molar-refractivity contribution in [2.45, 2.75) is 38.5 Å². The molecule has 0 unspecified atom stereocenters. The van der Waals surface area contributed by atoms with Crippen molar-refractivity contribution >= 4 is 11.7 Å². The highest BCUT2D eigenvalue weighted by molar-refractivity contribution is 5.89. The molecular weight excluding hydrogens is 430 g/mol. The minimum atomic E-state index is -0.189. The van der Waals surface area contributed by atoms with Gasteiger partial charge in [0.25, 0.3) is 0 Å². The molecule has 180 valence electrons. The summed E-state index contributed by atoms with van der Waals surface area (Å²) in [5.41, 5.74) is 1.54. The number of nitrogens with one attached hydrogen (secondary N) is 2. The molecular formula is C26H33N5O3. The van der Waals surface area contributed by atoms with E-state index >= 15 is 0 Å². The number of amides is 2. The topological polar surface area (TPSA) is 92.5 Å². The smallest absolute Gasteiger partial charge is 0.319 e. The normalized spacial score (nSPS) is 13.6. The second-order valence-corrected chi connectivity index (χ2v) is 8.48. The zero-order valence-corrected chi connectivity index (χ0v) is 19.5. The average Bonchev–Trinajstić information content (AvgIpc) is 3.55. The molecule has 0 atom stereocenters. The number of hydrogen-bond donors (Lipinski definition) is 2. The summed E-state index contributed by atoms with van der Waals surface area (Å²) in [5, 5.41) is 14.1. The highest BCUT2D eigenvalue weighted by atomic mass is 16.5. The lowest BCUT2D eigenvalue weighted by Crippen LogP contribution is -2.31. The summed E-state index contributed by atoms with van der Waals surface area (Å²) in [7, 11) is 0. The molecule has 34 heavy (non-hydrogen) atoms. The van der Waals surface area contributed by atoms with E-state index in [1.807, 2.05) is 54.6 Å². The summed E-state index contributed by atoms with van der Waals surface area (Å²) in [6, 6.07) is 17.0. The van der Waals surface area contributed by atoms with Crippen LogP contribution in [0.15, 0.2) is 59.0 Å². The molecule has 8 heteroatoms. The van der Waals surface area contributed by atoms with E-state index in [2.05, 4.69) is 25.7 Å². The number of aromatic nitrogens is 2. The van der Waals surface area contributed by atoms with Crippen molar-refractivity contribution in [2.75, 3.05) is 38.1 Å². The summed E-state index contributed by atoms with van der Waals surface area (Å²) in [6.45, 7) is 4.74. The molecule has 2 amide bonds. The van der Waals surface area contributed by atoms with Crippen molar-refractivity contribution in [2.24, 2.45) is 0 Å². The lowest BCUT2D eigenvalue weighted by molar-refractivity contribution is 0.251. The molecule has 1 aromatic heterocycles. The van der Waals surface area contributed by atoms with Gasteiger partial charge in [-0.05, 0) is 88.1 Å². The predicted octanol–water partition coefficient (Wildman–Crippen LogP) is 4.75. The Morgan fingerprint density at radius 1 is 0.971 bits per heavy atom. The number of likely N-dealkylation sites (tertiary alicyclic amines) is 1. The fourth-order valence-corrected chi connectivity index (χ4v) is 3.94. The average molecular weight is 464 g/mol. The Kier molecular flexibility index (Phi) is 8.90. The number of hydrogen-bond acceptors (Lipinski definition) is 6. The number of rotatable bonds is 12. The molecule has 2 N–H and O–H groups in total. The summed E-state index contributed by atoms with van der Waals surface area (Å²) in [6.07, 6.45) is 6.07. The molecule has 2 heterocycles. The molecule has 1 saturated heterocycles. The fourth-order valence-electron chi connectivity index (χ4n) is 3.94. The van der Waals surface area contributed by atoms with Crippen LogP contribution in [0.5, 0.6) is 5.75 Å². The van der Waals surface area contributed by atoms with E-state index in [1.165, 1.54) is 25.9 Å². The van der Waals surface area contributed by atoms with E-state index in [1.54, 1.807) is 0 Å². The van der Waals surface area contributed by atoms with E-state index in [9.17, 15) is 4.79 Å². The van der Waals surface area contributed by atoms with Gasteiger partial charge in [-0.2, -0.15) is 0 Å². The van der Waals surface area contributed by atoms with Crippen molar-refractivity contribution in [3.63, 3.8) is 0 Å². The standard InChI is InChI=1S/C26H33N5O3/c32-26(27-16-8-19-31-17-5-6-18-31)28-22-14-12-21(13-15-22)25-30-29-24(34-25)11-4-7-20-33-23-9-2-1-3-10-23/h1-3,9-10,12-15H,4-8,11,16-20H2,(H2,27,28,32). The van der Waals surface area contributed by atoms with Gasteiger partial charge in [0.2, 0.25) is 11.8 Å². The van der Waals surface area contributed by atoms with Crippen LogP contribution >= 0.6 is 0 Å². The summed E-state index contributed by atoms with van der Waals surface area (Å²) in [4.78, 5) is 14.6. The number of para-hydroxylation sites is 1. The zero-order chi connectivity index (χ0) is 23.4. The third-order valence-corrected chi connectivity index (χ3v) is 5.79. The van der Waals surface area contributed by atoms with Gasteiger partial charge in [0.1, 0.15) is 5.75 Å². The van der Waals surface area contributed by atoms with Gasteiger partial charge in [-0.25, -0.2) is 4.79 Å². The molecule has 8 nitrogen and oxygen atoms in total. The summed E-state index contributed by atoms with van der Waals surface area (Å²) >= 11 is 0. The lowest BCUT2D eigenvalue weighted by Gasteiger charge is -2.14. The van der Waals surface area contributed by atoms with Crippen molar-refractivity contribution in [3.8, 4) is 17.2 Å². The highest BCUT2D eigenvalue weighted by Gasteiger charge is 2.11. The van der Waals surface area contributed by atoms with E-state index in [4.69, 9.17) is 9.15 Å². The molecule has 1 aliphatic rings. The second kappa shape index (κ2) is 12.7. The molecule has 1 aliphatic heterocycles. The van der Waals surface area contributed by atoms with Gasteiger partial charge in [-0.15, -0.1) is 10.2 Å². The molecule has 4 rings (SSSR count). The quantitative estimate of drug-likeness (QED) is 0.377. The molecule has 0 spiro atoms. The van der Waals surface area contributed by atoms with Crippen molar-refractivity contribution in [3.05, 3.63) is 60.5 Å². The van der Waals surface area contributed by atoms with Crippen molar-refractivity contribution in [1.29, 1.82) is 0 Å². The van der Waals surface area contributed by atoms with Crippen LogP contribution in [0.2, 0.25) is 0 Å². The van der Waals surface area contributed by atoms with Crippen LogP contribution in [-0.2, 0) is 6.42 Å². The highest BCUT2D eigenvalue weighted by Crippen LogP contribution is 2.21. The maximum atomic E-state index is 12.1. The van der Waals surface area contributed by atoms with E-state index in [0.717, 1.165) is 42.8 Å². The first-order valence-corrected chi connectivity index (χ1v) is 12.1. The van der Waals surface area contributed by atoms with E-state index < -0.39 is 0 Å². The predicted molar refractivity (Wildman–Crippen MR) is 132 cm³/mol. The first-order valence-electron chi connectivity index (χ1n) is 12.1. The van der Waals surface area contributed by atoms with Crippen LogP contribution in [0, 0.1) is 0 Å². The first kappa shape index (κ1) is 23.8. The number of anilines is 1.